The van der Waals surface area contributed by atoms with Crippen molar-refractivity contribution in [2.75, 3.05) is 32.5 Å². The third-order valence-electron chi connectivity index (χ3n) is 2.27. The number of benzene rings is 1. The third kappa shape index (κ3) is 5.92. The van der Waals surface area contributed by atoms with Crippen molar-refractivity contribution in [2.45, 2.75) is 13.0 Å². The third-order valence-corrected chi connectivity index (χ3v) is 2.27. The normalized spacial score (nSPS) is 12.2. The molecular formula is C13H21N3O. The number of likely N-dealkylation sites (N-methyl/N-ethyl adjacent to an activating group) is 1. The molecule has 94 valence electrons. The molecule has 4 nitrogen and oxygen atoms in total. The van der Waals surface area contributed by atoms with Crippen LogP contribution in [-0.2, 0) is 4.79 Å². The van der Waals surface area contributed by atoms with E-state index in [4.69, 9.17) is 0 Å². The number of hydrogen-bond acceptors (Lipinski definition) is 3. The molecule has 0 aliphatic heterocycles. The first kappa shape index (κ1) is 13.5. The molecule has 0 saturated heterocycles. The molecule has 0 aromatic heterocycles. The highest BCUT2D eigenvalue weighted by Gasteiger charge is 2.07. The van der Waals surface area contributed by atoms with E-state index in [0.717, 1.165) is 12.2 Å². The Bertz CT molecular complexity index is 338. The van der Waals surface area contributed by atoms with Crippen LogP contribution in [0.2, 0.25) is 0 Å². The highest BCUT2D eigenvalue weighted by Crippen LogP contribution is 2.03. The van der Waals surface area contributed by atoms with Gasteiger partial charge in [0, 0.05) is 18.3 Å². The van der Waals surface area contributed by atoms with Crippen molar-refractivity contribution >= 4 is 11.6 Å². The molecule has 17 heavy (non-hydrogen) atoms. The Labute approximate surface area is 103 Å². The lowest BCUT2D eigenvalue weighted by molar-refractivity contribution is -0.120. The summed E-state index contributed by atoms with van der Waals surface area (Å²) < 4.78 is 0. The Kier molecular flexibility index (Phi) is 5.49. The predicted molar refractivity (Wildman–Crippen MR) is 71.1 cm³/mol. The molecule has 1 atom stereocenters. The predicted octanol–water partition coefficient (Wildman–Crippen LogP) is 1.16. The molecule has 0 radical (unpaired) electrons. The van der Waals surface area contributed by atoms with Gasteiger partial charge in [-0.25, -0.2) is 0 Å². The SMILES string of the molecule is CC(CN(C)C)NC(=O)CNc1ccccc1. The quantitative estimate of drug-likeness (QED) is 0.778. The number of anilines is 1. The summed E-state index contributed by atoms with van der Waals surface area (Å²) in [5.41, 5.74) is 0.961. The Hall–Kier alpha value is -1.55. The van der Waals surface area contributed by atoms with Crippen LogP contribution in [0.3, 0.4) is 0 Å². The minimum atomic E-state index is 0.0169. The molecule has 0 spiro atoms. The smallest absolute Gasteiger partial charge is 0.239 e. The van der Waals surface area contributed by atoms with Gasteiger partial charge in [0.05, 0.1) is 6.54 Å². The van der Waals surface area contributed by atoms with Crippen LogP contribution in [0.5, 0.6) is 0 Å². The Morgan fingerprint density at radius 2 is 1.94 bits per heavy atom. The Morgan fingerprint density at radius 3 is 2.53 bits per heavy atom. The fourth-order valence-corrected chi connectivity index (χ4v) is 1.66. The van der Waals surface area contributed by atoms with E-state index in [9.17, 15) is 4.79 Å². The van der Waals surface area contributed by atoms with Gasteiger partial charge in [-0.15, -0.1) is 0 Å². The van der Waals surface area contributed by atoms with Crippen LogP contribution in [-0.4, -0.2) is 44.0 Å². The molecule has 1 aromatic rings. The molecule has 1 amide bonds. The molecule has 1 aromatic carbocycles. The van der Waals surface area contributed by atoms with Crippen molar-refractivity contribution < 1.29 is 4.79 Å². The molecule has 0 heterocycles. The van der Waals surface area contributed by atoms with Crippen LogP contribution in [0.4, 0.5) is 5.69 Å². The van der Waals surface area contributed by atoms with E-state index < -0.39 is 0 Å². The van der Waals surface area contributed by atoms with Crippen LogP contribution < -0.4 is 10.6 Å². The molecule has 2 N–H and O–H groups in total. The minimum absolute atomic E-state index is 0.0169. The number of hydrogen-bond donors (Lipinski definition) is 2. The highest BCUT2D eigenvalue weighted by atomic mass is 16.1. The molecular weight excluding hydrogens is 214 g/mol. The first-order chi connectivity index (χ1) is 8.08. The summed E-state index contributed by atoms with van der Waals surface area (Å²) in [6.45, 7) is 3.15. The Morgan fingerprint density at radius 1 is 1.29 bits per heavy atom. The summed E-state index contributed by atoms with van der Waals surface area (Å²) in [5, 5.41) is 6.02. The van der Waals surface area contributed by atoms with Crippen LogP contribution in [0.15, 0.2) is 30.3 Å². The maximum absolute atomic E-state index is 11.6. The second kappa shape index (κ2) is 6.91. The molecule has 0 fully saturated rings. The van der Waals surface area contributed by atoms with Gasteiger partial charge in [0.15, 0.2) is 0 Å². The van der Waals surface area contributed by atoms with Crippen molar-refractivity contribution in [2.24, 2.45) is 0 Å². The summed E-state index contributed by atoms with van der Waals surface area (Å²) in [4.78, 5) is 13.7. The number of rotatable bonds is 6. The summed E-state index contributed by atoms with van der Waals surface area (Å²) >= 11 is 0. The van der Waals surface area contributed by atoms with Crippen molar-refractivity contribution in [1.82, 2.24) is 10.2 Å². The number of amides is 1. The fourth-order valence-electron chi connectivity index (χ4n) is 1.66. The van der Waals surface area contributed by atoms with Crippen LogP contribution in [0.25, 0.3) is 0 Å². The molecule has 1 unspecified atom stereocenters. The van der Waals surface area contributed by atoms with Crippen LogP contribution >= 0.6 is 0 Å². The van der Waals surface area contributed by atoms with E-state index in [-0.39, 0.29) is 11.9 Å². The van der Waals surface area contributed by atoms with Gasteiger partial charge in [-0.3, -0.25) is 4.79 Å². The van der Waals surface area contributed by atoms with Crippen molar-refractivity contribution in [3.05, 3.63) is 30.3 Å². The van der Waals surface area contributed by atoms with Gasteiger partial charge in [-0.2, -0.15) is 0 Å². The lowest BCUT2D eigenvalue weighted by Crippen LogP contribution is -2.42. The topological polar surface area (TPSA) is 44.4 Å². The number of para-hydroxylation sites is 1. The van der Waals surface area contributed by atoms with Gasteiger partial charge in [0.1, 0.15) is 0 Å². The Balaban J connectivity index is 2.26. The summed E-state index contributed by atoms with van der Waals surface area (Å²) in [6.07, 6.45) is 0. The van der Waals surface area contributed by atoms with E-state index in [0.29, 0.717) is 6.54 Å². The maximum Gasteiger partial charge on any atom is 0.239 e. The minimum Gasteiger partial charge on any atom is -0.376 e. The van der Waals surface area contributed by atoms with E-state index in [1.807, 2.05) is 51.4 Å². The van der Waals surface area contributed by atoms with Gasteiger partial charge in [0.2, 0.25) is 5.91 Å². The number of nitrogens with zero attached hydrogens (tertiary/aromatic N) is 1. The van der Waals surface area contributed by atoms with Gasteiger partial charge in [0.25, 0.3) is 0 Å². The lowest BCUT2D eigenvalue weighted by atomic mass is 10.3. The average molecular weight is 235 g/mol. The van der Waals surface area contributed by atoms with Gasteiger partial charge in [-0.1, -0.05) is 18.2 Å². The van der Waals surface area contributed by atoms with Crippen molar-refractivity contribution in [3.8, 4) is 0 Å². The fraction of sp³-hybridized carbons (Fsp3) is 0.462. The largest absolute Gasteiger partial charge is 0.376 e. The lowest BCUT2D eigenvalue weighted by Gasteiger charge is -2.18. The molecule has 0 aliphatic carbocycles. The zero-order valence-electron chi connectivity index (χ0n) is 10.7. The van der Waals surface area contributed by atoms with Gasteiger partial charge >= 0.3 is 0 Å². The van der Waals surface area contributed by atoms with Gasteiger partial charge < -0.3 is 15.5 Å². The maximum atomic E-state index is 11.6. The van der Waals surface area contributed by atoms with Crippen molar-refractivity contribution in [3.63, 3.8) is 0 Å². The average Bonchev–Trinajstić information content (AvgIpc) is 2.26. The van der Waals surface area contributed by atoms with Crippen LogP contribution in [0, 0.1) is 0 Å². The van der Waals surface area contributed by atoms with E-state index in [1.165, 1.54) is 0 Å². The van der Waals surface area contributed by atoms with Crippen molar-refractivity contribution in [1.29, 1.82) is 0 Å². The summed E-state index contributed by atoms with van der Waals surface area (Å²) in [6, 6.07) is 9.87. The number of carbonyl (C=O) groups excluding carboxylic acids is 1. The number of carbonyl (C=O) groups is 1. The molecule has 0 aliphatic rings. The van der Waals surface area contributed by atoms with E-state index in [2.05, 4.69) is 15.5 Å². The monoisotopic (exact) mass is 235 g/mol. The molecule has 4 heteroatoms. The first-order valence-electron chi connectivity index (χ1n) is 5.81. The second-order valence-corrected chi connectivity index (χ2v) is 4.45. The van der Waals surface area contributed by atoms with E-state index >= 15 is 0 Å². The molecule has 0 bridgehead atoms. The highest BCUT2D eigenvalue weighted by molar-refractivity contribution is 5.80. The second-order valence-electron chi connectivity index (χ2n) is 4.45. The number of nitrogens with one attached hydrogen (secondary N) is 2. The van der Waals surface area contributed by atoms with Gasteiger partial charge in [-0.05, 0) is 33.2 Å². The first-order valence-corrected chi connectivity index (χ1v) is 5.81. The molecule has 0 saturated carbocycles. The molecule has 1 rings (SSSR count). The standard InChI is InChI=1S/C13H21N3O/c1-11(10-16(2)3)15-13(17)9-14-12-7-5-4-6-8-12/h4-8,11,14H,9-10H2,1-3H3,(H,15,17). The zero-order valence-corrected chi connectivity index (χ0v) is 10.7. The summed E-state index contributed by atoms with van der Waals surface area (Å²) in [5.74, 6) is 0.0169. The van der Waals surface area contributed by atoms with E-state index in [1.54, 1.807) is 0 Å². The zero-order chi connectivity index (χ0) is 12.7. The van der Waals surface area contributed by atoms with Crippen LogP contribution in [0.1, 0.15) is 6.92 Å². The summed E-state index contributed by atoms with van der Waals surface area (Å²) in [7, 11) is 3.98.